The third-order valence-electron chi connectivity index (χ3n) is 2.40. The predicted octanol–water partition coefficient (Wildman–Crippen LogP) is 3.48. The molecule has 16 heavy (non-hydrogen) atoms. The van der Waals surface area contributed by atoms with Crippen molar-refractivity contribution >= 4 is 0 Å². The molecule has 0 fully saturated rings. The molecule has 0 bridgehead atoms. The number of hydrogen-bond donors (Lipinski definition) is 1. The van der Waals surface area contributed by atoms with E-state index in [-0.39, 0.29) is 11.8 Å². The molecule has 0 aromatic heterocycles. The molecule has 0 radical (unpaired) electrons. The van der Waals surface area contributed by atoms with Crippen molar-refractivity contribution in [2.24, 2.45) is 5.73 Å². The van der Waals surface area contributed by atoms with Crippen LogP contribution in [0.3, 0.4) is 0 Å². The van der Waals surface area contributed by atoms with E-state index in [0.717, 1.165) is 19.3 Å². The third kappa shape index (κ3) is 3.77. The van der Waals surface area contributed by atoms with Gasteiger partial charge in [0, 0.05) is 11.6 Å². The number of unbranched alkanes of at least 4 members (excludes halogenated alkanes) is 1. The maximum atomic E-state index is 12.2. The fraction of sp³-hybridized carbons (Fsp3) is 0.500. The highest BCUT2D eigenvalue weighted by Gasteiger charge is 2.14. The molecule has 0 saturated heterocycles. The molecule has 0 saturated carbocycles. The van der Waals surface area contributed by atoms with Crippen molar-refractivity contribution in [2.75, 3.05) is 0 Å². The number of hydrogen-bond acceptors (Lipinski definition) is 2. The van der Waals surface area contributed by atoms with Crippen LogP contribution in [0.1, 0.15) is 37.8 Å². The van der Waals surface area contributed by atoms with Crippen LogP contribution in [0.2, 0.25) is 0 Å². The minimum atomic E-state index is -2.81. The third-order valence-corrected chi connectivity index (χ3v) is 2.40. The summed E-state index contributed by atoms with van der Waals surface area (Å²) in [5.41, 5.74) is 6.58. The Kier molecular flexibility index (Phi) is 5.19. The molecule has 0 amide bonds. The molecular formula is C12H17F2NO. The first-order chi connectivity index (χ1) is 7.65. The van der Waals surface area contributed by atoms with E-state index in [0.29, 0.717) is 5.56 Å². The molecule has 90 valence electrons. The fourth-order valence-corrected chi connectivity index (χ4v) is 1.57. The Balaban J connectivity index is 2.76. The lowest BCUT2D eigenvalue weighted by Gasteiger charge is -2.16. The largest absolute Gasteiger partial charge is 0.434 e. The highest BCUT2D eigenvalue weighted by atomic mass is 19.3. The average Bonchev–Trinajstić information content (AvgIpc) is 2.26. The highest BCUT2D eigenvalue weighted by molar-refractivity contribution is 5.35. The molecule has 0 heterocycles. The van der Waals surface area contributed by atoms with Crippen LogP contribution in [0.25, 0.3) is 0 Å². The zero-order valence-electron chi connectivity index (χ0n) is 9.33. The van der Waals surface area contributed by atoms with E-state index in [1.165, 1.54) is 6.07 Å². The fourth-order valence-electron chi connectivity index (χ4n) is 1.57. The van der Waals surface area contributed by atoms with Crippen molar-refractivity contribution in [1.82, 2.24) is 0 Å². The topological polar surface area (TPSA) is 35.2 Å². The molecule has 1 aromatic rings. The monoisotopic (exact) mass is 229 g/mol. The van der Waals surface area contributed by atoms with Crippen LogP contribution < -0.4 is 10.5 Å². The molecule has 1 atom stereocenters. The van der Waals surface area contributed by atoms with Crippen LogP contribution in [-0.4, -0.2) is 6.61 Å². The van der Waals surface area contributed by atoms with E-state index in [1.807, 2.05) is 0 Å². The molecule has 4 heteroatoms. The molecule has 0 unspecified atom stereocenters. The quantitative estimate of drug-likeness (QED) is 0.810. The highest BCUT2D eigenvalue weighted by Crippen LogP contribution is 2.27. The molecule has 2 N–H and O–H groups in total. The molecule has 0 aliphatic rings. The summed E-state index contributed by atoms with van der Waals surface area (Å²) >= 11 is 0. The Morgan fingerprint density at radius 1 is 1.31 bits per heavy atom. The lowest BCUT2D eigenvalue weighted by molar-refractivity contribution is -0.0506. The lowest BCUT2D eigenvalue weighted by Crippen LogP contribution is -2.13. The second-order valence-corrected chi connectivity index (χ2v) is 3.67. The summed E-state index contributed by atoms with van der Waals surface area (Å²) < 4.78 is 28.7. The maximum absolute atomic E-state index is 12.2. The van der Waals surface area contributed by atoms with Gasteiger partial charge in [0.25, 0.3) is 0 Å². The molecule has 0 aliphatic heterocycles. The first-order valence-electron chi connectivity index (χ1n) is 5.44. The zero-order chi connectivity index (χ0) is 12.0. The van der Waals surface area contributed by atoms with Gasteiger partial charge in [-0.1, -0.05) is 38.0 Å². The van der Waals surface area contributed by atoms with Crippen molar-refractivity contribution in [1.29, 1.82) is 0 Å². The van der Waals surface area contributed by atoms with E-state index in [9.17, 15) is 8.78 Å². The van der Waals surface area contributed by atoms with Crippen LogP contribution in [0.15, 0.2) is 24.3 Å². The minimum Gasteiger partial charge on any atom is -0.434 e. The Labute approximate surface area is 94.4 Å². The van der Waals surface area contributed by atoms with Crippen molar-refractivity contribution in [3.8, 4) is 5.75 Å². The van der Waals surface area contributed by atoms with Gasteiger partial charge in [-0.05, 0) is 12.5 Å². The van der Waals surface area contributed by atoms with Gasteiger partial charge in [0.1, 0.15) is 5.75 Å². The molecule has 0 aliphatic carbocycles. The first kappa shape index (κ1) is 12.9. The number of halogens is 2. The molecular weight excluding hydrogens is 212 g/mol. The summed E-state index contributed by atoms with van der Waals surface area (Å²) in [4.78, 5) is 0. The number of benzene rings is 1. The van der Waals surface area contributed by atoms with Crippen LogP contribution in [0.5, 0.6) is 5.75 Å². The van der Waals surface area contributed by atoms with Gasteiger partial charge in [0.05, 0.1) is 0 Å². The summed E-state index contributed by atoms with van der Waals surface area (Å²) in [7, 11) is 0. The van der Waals surface area contributed by atoms with Gasteiger partial charge in [0.15, 0.2) is 0 Å². The lowest BCUT2D eigenvalue weighted by atomic mass is 10.0. The zero-order valence-corrected chi connectivity index (χ0v) is 9.33. The standard InChI is InChI=1S/C12H17F2NO/c1-2-3-7-10(15)9-6-4-5-8-11(9)16-12(13)14/h4-6,8,10,12H,2-3,7,15H2,1H3/t10-/m1/s1. The smallest absolute Gasteiger partial charge is 0.387 e. The van der Waals surface area contributed by atoms with Gasteiger partial charge in [-0.15, -0.1) is 0 Å². The molecule has 2 nitrogen and oxygen atoms in total. The van der Waals surface area contributed by atoms with Crippen LogP contribution in [0.4, 0.5) is 8.78 Å². The minimum absolute atomic E-state index is 0.182. The number of rotatable bonds is 6. The maximum Gasteiger partial charge on any atom is 0.387 e. The number of para-hydroxylation sites is 1. The van der Waals surface area contributed by atoms with E-state index in [1.54, 1.807) is 18.2 Å². The summed E-state index contributed by atoms with van der Waals surface area (Å²) in [5.74, 6) is 0.182. The second-order valence-electron chi connectivity index (χ2n) is 3.67. The predicted molar refractivity (Wildman–Crippen MR) is 59.5 cm³/mol. The Bertz CT molecular complexity index is 318. The number of ether oxygens (including phenoxy) is 1. The van der Waals surface area contributed by atoms with Crippen LogP contribution in [0, 0.1) is 0 Å². The number of nitrogens with two attached hydrogens (primary N) is 1. The van der Waals surface area contributed by atoms with Gasteiger partial charge in [-0.3, -0.25) is 0 Å². The van der Waals surface area contributed by atoms with E-state index >= 15 is 0 Å². The summed E-state index contributed by atoms with van der Waals surface area (Å²) in [5, 5.41) is 0. The van der Waals surface area contributed by atoms with Gasteiger partial charge in [0.2, 0.25) is 0 Å². The molecule has 1 rings (SSSR count). The molecule has 0 spiro atoms. The van der Waals surface area contributed by atoms with Crippen molar-refractivity contribution in [3.63, 3.8) is 0 Å². The van der Waals surface area contributed by atoms with Crippen molar-refractivity contribution < 1.29 is 13.5 Å². The second kappa shape index (κ2) is 6.43. The van der Waals surface area contributed by atoms with E-state index in [2.05, 4.69) is 11.7 Å². The van der Waals surface area contributed by atoms with Gasteiger partial charge in [-0.2, -0.15) is 8.78 Å². The van der Waals surface area contributed by atoms with E-state index < -0.39 is 6.61 Å². The van der Waals surface area contributed by atoms with E-state index in [4.69, 9.17) is 5.73 Å². The number of alkyl halides is 2. The van der Waals surface area contributed by atoms with Crippen molar-refractivity contribution in [2.45, 2.75) is 38.8 Å². The Hall–Kier alpha value is -1.16. The van der Waals surface area contributed by atoms with Gasteiger partial charge < -0.3 is 10.5 Å². The Morgan fingerprint density at radius 2 is 2.00 bits per heavy atom. The average molecular weight is 229 g/mol. The van der Waals surface area contributed by atoms with Gasteiger partial charge in [-0.25, -0.2) is 0 Å². The first-order valence-corrected chi connectivity index (χ1v) is 5.44. The van der Waals surface area contributed by atoms with Crippen LogP contribution in [-0.2, 0) is 0 Å². The summed E-state index contributed by atoms with van der Waals surface area (Å²) in [6.45, 7) is -0.742. The normalized spacial score (nSPS) is 12.8. The summed E-state index contributed by atoms with van der Waals surface area (Å²) in [6, 6.07) is 6.45. The Morgan fingerprint density at radius 3 is 2.62 bits per heavy atom. The summed E-state index contributed by atoms with van der Waals surface area (Å²) in [6.07, 6.45) is 2.79. The van der Waals surface area contributed by atoms with Gasteiger partial charge >= 0.3 is 6.61 Å². The molecule has 1 aromatic carbocycles. The van der Waals surface area contributed by atoms with Crippen LogP contribution >= 0.6 is 0 Å². The SMILES string of the molecule is CCCC[C@@H](N)c1ccccc1OC(F)F. The van der Waals surface area contributed by atoms with Crippen molar-refractivity contribution in [3.05, 3.63) is 29.8 Å².